The van der Waals surface area contributed by atoms with Gasteiger partial charge in [-0.2, -0.15) is 0 Å². The minimum atomic E-state index is -0.375. The van der Waals surface area contributed by atoms with E-state index < -0.39 is 0 Å². The summed E-state index contributed by atoms with van der Waals surface area (Å²) in [6.07, 6.45) is 3.36. The molecular weight excluding hydrogens is 344 g/mol. The molecule has 0 spiro atoms. The van der Waals surface area contributed by atoms with E-state index in [0.717, 1.165) is 32.5 Å². The average Bonchev–Trinajstić information content (AvgIpc) is 2.69. The molecule has 0 atom stereocenters. The molecule has 1 N–H and O–H groups in total. The number of nitrogens with zero attached hydrogens (tertiary/aromatic N) is 5. The van der Waals surface area contributed by atoms with Crippen molar-refractivity contribution < 1.29 is 4.92 Å². The van der Waals surface area contributed by atoms with E-state index in [4.69, 9.17) is 0 Å². The maximum absolute atomic E-state index is 11.7. The highest BCUT2D eigenvalue weighted by molar-refractivity contribution is 5.70. The summed E-state index contributed by atoms with van der Waals surface area (Å²) in [5, 5.41) is 14.8. The van der Waals surface area contributed by atoms with Crippen LogP contribution in [0.25, 0.3) is 0 Å². The van der Waals surface area contributed by atoms with Gasteiger partial charge < -0.3 is 10.2 Å². The topological polar surface area (TPSA) is 87.4 Å². The van der Waals surface area contributed by atoms with Gasteiger partial charge in [0.25, 0.3) is 0 Å². The molecule has 144 valence electrons. The first-order chi connectivity index (χ1) is 13.2. The van der Waals surface area contributed by atoms with Gasteiger partial charge in [0.1, 0.15) is 6.33 Å². The fourth-order valence-corrected chi connectivity index (χ4v) is 3.24. The molecule has 1 aromatic heterocycles. The highest BCUT2D eigenvalue weighted by atomic mass is 16.6. The van der Waals surface area contributed by atoms with Crippen molar-refractivity contribution in [3.63, 3.8) is 0 Å². The second kappa shape index (κ2) is 9.27. The second-order valence-corrected chi connectivity index (χ2v) is 6.68. The largest absolute Gasteiger partial charge is 0.364 e. The number of hydrogen-bond donors (Lipinski definition) is 1. The van der Waals surface area contributed by atoms with Crippen LogP contribution in [-0.2, 0) is 6.54 Å². The Morgan fingerprint density at radius 3 is 2.56 bits per heavy atom. The fraction of sp³-hybridized carbons (Fsp3) is 0.474. The average molecular weight is 370 g/mol. The highest BCUT2D eigenvalue weighted by Gasteiger charge is 2.29. The Kier molecular flexibility index (Phi) is 6.54. The molecule has 0 bridgehead atoms. The Labute approximate surface area is 159 Å². The Balaban J connectivity index is 1.68. The van der Waals surface area contributed by atoms with Gasteiger partial charge in [0.05, 0.1) is 4.92 Å². The summed E-state index contributed by atoms with van der Waals surface area (Å²) in [7, 11) is 0. The van der Waals surface area contributed by atoms with Crippen LogP contribution in [0.2, 0.25) is 0 Å². The van der Waals surface area contributed by atoms with E-state index in [1.54, 1.807) is 0 Å². The lowest BCUT2D eigenvalue weighted by Gasteiger charge is -2.35. The molecule has 3 rings (SSSR count). The zero-order valence-corrected chi connectivity index (χ0v) is 15.7. The molecule has 0 unspecified atom stereocenters. The quantitative estimate of drug-likeness (QED) is 0.434. The first-order valence-electron chi connectivity index (χ1n) is 9.43. The van der Waals surface area contributed by atoms with Crippen molar-refractivity contribution in [2.24, 2.45) is 0 Å². The molecule has 1 saturated heterocycles. The summed E-state index contributed by atoms with van der Waals surface area (Å²) < 4.78 is 0. The van der Waals surface area contributed by atoms with Crippen LogP contribution in [0, 0.1) is 10.1 Å². The van der Waals surface area contributed by atoms with Gasteiger partial charge in [-0.1, -0.05) is 43.7 Å². The lowest BCUT2D eigenvalue weighted by molar-refractivity contribution is -0.383. The molecule has 2 heterocycles. The maximum Gasteiger partial charge on any atom is 0.353 e. The summed E-state index contributed by atoms with van der Waals surface area (Å²) in [6.45, 7) is 6.74. The number of aromatic nitrogens is 2. The fourth-order valence-electron chi connectivity index (χ4n) is 3.24. The molecule has 0 radical (unpaired) electrons. The minimum absolute atomic E-state index is 0.0230. The molecule has 0 aliphatic carbocycles. The molecular formula is C19H26N6O2. The van der Waals surface area contributed by atoms with Crippen LogP contribution in [0.3, 0.4) is 0 Å². The van der Waals surface area contributed by atoms with Crippen LogP contribution in [-0.4, -0.2) is 52.5 Å². The van der Waals surface area contributed by atoms with Gasteiger partial charge in [0, 0.05) is 39.3 Å². The van der Waals surface area contributed by atoms with Gasteiger partial charge >= 0.3 is 5.69 Å². The minimum Gasteiger partial charge on any atom is -0.364 e. The van der Waals surface area contributed by atoms with Crippen molar-refractivity contribution in [1.29, 1.82) is 0 Å². The smallest absolute Gasteiger partial charge is 0.353 e. The third-order valence-electron chi connectivity index (χ3n) is 4.73. The Hall–Kier alpha value is -2.74. The van der Waals surface area contributed by atoms with Crippen LogP contribution in [0.1, 0.15) is 25.3 Å². The van der Waals surface area contributed by atoms with Gasteiger partial charge in [-0.05, 0) is 12.0 Å². The predicted octanol–water partition coefficient (Wildman–Crippen LogP) is 2.92. The molecule has 8 heteroatoms. The third kappa shape index (κ3) is 4.91. The summed E-state index contributed by atoms with van der Waals surface area (Å²) >= 11 is 0. The van der Waals surface area contributed by atoms with Gasteiger partial charge in [-0.25, -0.2) is 9.97 Å². The zero-order valence-electron chi connectivity index (χ0n) is 15.7. The molecule has 0 saturated carbocycles. The summed E-state index contributed by atoms with van der Waals surface area (Å²) in [4.78, 5) is 24.0. The van der Waals surface area contributed by atoms with Crippen LogP contribution in [0.5, 0.6) is 0 Å². The van der Waals surface area contributed by atoms with Gasteiger partial charge in [-0.3, -0.25) is 15.0 Å². The summed E-state index contributed by atoms with van der Waals surface area (Å²) in [5.41, 5.74) is 1.26. The molecule has 2 aromatic rings. The number of rotatable bonds is 8. The van der Waals surface area contributed by atoms with Crippen LogP contribution in [0.15, 0.2) is 36.7 Å². The van der Waals surface area contributed by atoms with Crippen molar-refractivity contribution in [2.45, 2.75) is 26.3 Å². The van der Waals surface area contributed by atoms with Crippen LogP contribution < -0.4 is 10.2 Å². The second-order valence-electron chi connectivity index (χ2n) is 6.68. The maximum atomic E-state index is 11.7. The predicted molar refractivity (Wildman–Crippen MR) is 106 cm³/mol. The van der Waals surface area contributed by atoms with Crippen molar-refractivity contribution in [3.05, 3.63) is 52.3 Å². The number of piperazine rings is 1. The summed E-state index contributed by atoms with van der Waals surface area (Å²) in [6, 6.07) is 10.3. The van der Waals surface area contributed by atoms with E-state index in [2.05, 4.69) is 39.2 Å². The monoisotopic (exact) mass is 370 g/mol. The first kappa shape index (κ1) is 19.0. The van der Waals surface area contributed by atoms with Crippen molar-refractivity contribution in [3.8, 4) is 0 Å². The SMILES string of the molecule is CCCCNc1ncnc(N2CCN(Cc3ccccc3)CC2)c1[N+](=O)[O-]. The Morgan fingerprint density at radius 2 is 1.89 bits per heavy atom. The molecule has 1 aromatic carbocycles. The van der Waals surface area contributed by atoms with E-state index in [-0.39, 0.29) is 10.6 Å². The van der Waals surface area contributed by atoms with Crippen LogP contribution in [0.4, 0.5) is 17.3 Å². The van der Waals surface area contributed by atoms with E-state index in [9.17, 15) is 10.1 Å². The van der Waals surface area contributed by atoms with Crippen molar-refractivity contribution in [2.75, 3.05) is 42.9 Å². The van der Waals surface area contributed by atoms with E-state index in [0.29, 0.717) is 31.3 Å². The number of hydrogen-bond acceptors (Lipinski definition) is 7. The third-order valence-corrected chi connectivity index (χ3v) is 4.73. The van der Waals surface area contributed by atoms with Gasteiger partial charge in [-0.15, -0.1) is 0 Å². The number of nitro groups is 1. The number of unbranched alkanes of at least 4 members (excludes halogenated alkanes) is 1. The highest BCUT2D eigenvalue weighted by Crippen LogP contribution is 2.32. The van der Waals surface area contributed by atoms with E-state index in [1.165, 1.54) is 11.9 Å². The lowest BCUT2D eigenvalue weighted by atomic mass is 10.2. The molecule has 0 amide bonds. The van der Waals surface area contributed by atoms with Crippen molar-refractivity contribution >= 4 is 17.3 Å². The Morgan fingerprint density at radius 1 is 1.15 bits per heavy atom. The Bertz CT molecular complexity index is 747. The van der Waals surface area contributed by atoms with Crippen LogP contribution >= 0.6 is 0 Å². The van der Waals surface area contributed by atoms with Crippen molar-refractivity contribution in [1.82, 2.24) is 14.9 Å². The summed E-state index contributed by atoms with van der Waals surface area (Å²) in [5.74, 6) is 0.721. The zero-order chi connectivity index (χ0) is 19.1. The van der Waals surface area contributed by atoms with Gasteiger partial charge in [0.2, 0.25) is 11.6 Å². The van der Waals surface area contributed by atoms with E-state index in [1.807, 2.05) is 23.1 Å². The normalized spacial score (nSPS) is 14.9. The number of benzene rings is 1. The number of anilines is 2. The number of nitrogens with one attached hydrogen (secondary N) is 1. The molecule has 1 fully saturated rings. The van der Waals surface area contributed by atoms with Gasteiger partial charge in [0.15, 0.2) is 0 Å². The molecule has 27 heavy (non-hydrogen) atoms. The molecule has 1 aliphatic rings. The standard InChI is InChI=1S/C19H26N6O2/c1-2-3-9-20-18-17(25(26)27)19(22-15-21-18)24-12-10-23(11-13-24)14-16-7-5-4-6-8-16/h4-8,15H,2-3,9-14H2,1H3,(H,20,21,22). The first-order valence-corrected chi connectivity index (χ1v) is 9.43. The molecule has 1 aliphatic heterocycles. The van der Waals surface area contributed by atoms with E-state index >= 15 is 0 Å². The lowest BCUT2D eigenvalue weighted by Crippen LogP contribution is -2.46. The molecule has 8 nitrogen and oxygen atoms in total.